The van der Waals surface area contributed by atoms with Gasteiger partial charge in [-0.1, -0.05) is 0 Å². The Morgan fingerprint density at radius 2 is 2.24 bits per heavy atom. The van der Waals surface area contributed by atoms with Crippen molar-refractivity contribution in [2.45, 2.75) is 13.0 Å². The molecule has 7 heteroatoms. The summed E-state index contributed by atoms with van der Waals surface area (Å²) in [5, 5.41) is 17.3. The maximum Gasteiger partial charge on any atom is 0.387 e. The molecule has 0 aliphatic rings. The molecular weight excluding hydrogens is 234 g/mol. The zero-order valence-corrected chi connectivity index (χ0v) is 8.48. The molecule has 0 amide bonds. The molecule has 3 N–H and O–H groups in total. The lowest BCUT2D eigenvalue weighted by Gasteiger charge is -2.10. The monoisotopic (exact) mass is 242 g/mol. The standard InChI is InChI=1S/C10H8F2N2O3/c11-10(12)17-8-2-5(3-9(15)16)7(14)1-6(8)4-13/h1-2,10H,3,14H2,(H,15,16). The molecule has 0 aliphatic carbocycles. The third-order valence-corrected chi connectivity index (χ3v) is 1.92. The Hall–Kier alpha value is -2.36. The molecule has 0 spiro atoms. The molecule has 0 heterocycles. The molecule has 0 atom stereocenters. The average molecular weight is 242 g/mol. The quantitative estimate of drug-likeness (QED) is 0.777. The van der Waals surface area contributed by atoms with Gasteiger partial charge in [-0.15, -0.1) is 0 Å². The molecule has 1 aromatic carbocycles. The zero-order chi connectivity index (χ0) is 13.0. The second-order valence-electron chi connectivity index (χ2n) is 3.11. The molecule has 0 fully saturated rings. The molecule has 17 heavy (non-hydrogen) atoms. The van der Waals surface area contributed by atoms with Crippen molar-refractivity contribution < 1.29 is 23.4 Å². The van der Waals surface area contributed by atoms with Gasteiger partial charge in [-0.2, -0.15) is 14.0 Å². The molecule has 0 bridgehead atoms. The van der Waals surface area contributed by atoms with Gasteiger partial charge in [0.15, 0.2) is 0 Å². The van der Waals surface area contributed by atoms with Crippen molar-refractivity contribution in [2.24, 2.45) is 0 Å². The third-order valence-electron chi connectivity index (χ3n) is 1.92. The molecule has 0 saturated heterocycles. The van der Waals surface area contributed by atoms with Gasteiger partial charge in [0.1, 0.15) is 11.8 Å². The van der Waals surface area contributed by atoms with Crippen molar-refractivity contribution in [1.29, 1.82) is 5.26 Å². The van der Waals surface area contributed by atoms with Crippen LogP contribution in [0, 0.1) is 11.3 Å². The first-order chi connectivity index (χ1) is 7.93. The van der Waals surface area contributed by atoms with Crippen LogP contribution in [-0.2, 0) is 11.2 Å². The molecular formula is C10H8F2N2O3. The van der Waals surface area contributed by atoms with E-state index in [1.807, 2.05) is 0 Å². The fourth-order valence-corrected chi connectivity index (χ4v) is 1.24. The number of nitrogens with two attached hydrogens (primary N) is 1. The number of alkyl halides is 2. The first-order valence-electron chi connectivity index (χ1n) is 4.43. The maximum atomic E-state index is 12.1. The Labute approximate surface area is 95.0 Å². The summed E-state index contributed by atoms with van der Waals surface area (Å²) in [6.45, 7) is -3.09. The number of rotatable bonds is 4. The molecule has 0 unspecified atom stereocenters. The lowest BCUT2D eigenvalue weighted by molar-refractivity contribution is -0.136. The maximum absolute atomic E-state index is 12.1. The second-order valence-corrected chi connectivity index (χ2v) is 3.11. The minimum absolute atomic E-state index is 0.0468. The van der Waals surface area contributed by atoms with Gasteiger partial charge in [-0.25, -0.2) is 0 Å². The number of carboxylic acid groups (broad SMARTS) is 1. The summed E-state index contributed by atoms with van der Waals surface area (Å²) in [7, 11) is 0. The van der Waals surface area contributed by atoms with Crippen LogP contribution in [0.25, 0.3) is 0 Å². The predicted octanol–water partition coefficient (Wildman–Crippen LogP) is 1.37. The number of carbonyl (C=O) groups is 1. The number of ether oxygens (including phenoxy) is 1. The van der Waals surface area contributed by atoms with Crippen LogP contribution in [0.5, 0.6) is 5.75 Å². The van der Waals surface area contributed by atoms with E-state index in [4.69, 9.17) is 16.1 Å². The molecule has 1 rings (SSSR count). The minimum Gasteiger partial charge on any atom is -0.481 e. The first kappa shape index (κ1) is 12.7. The van der Waals surface area contributed by atoms with Gasteiger partial charge < -0.3 is 15.6 Å². The summed E-state index contributed by atoms with van der Waals surface area (Å²) in [6, 6.07) is 3.78. The minimum atomic E-state index is -3.09. The van der Waals surface area contributed by atoms with Gasteiger partial charge in [0.05, 0.1) is 12.0 Å². The van der Waals surface area contributed by atoms with E-state index in [1.54, 1.807) is 6.07 Å². The Balaban J connectivity index is 3.18. The Morgan fingerprint density at radius 3 is 2.71 bits per heavy atom. The normalized spacial score (nSPS) is 10.0. The first-order valence-corrected chi connectivity index (χ1v) is 4.43. The Bertz CT molecular complexity index is 483. The highest BCUT2D eigenvalue weighted by Crippen LogP contribution is 2.26. The van der Waals surface area contributed by atoms with E-state index in [0.717, 1.165) is 12.1 Å². The SMILES string of the molecule is N#Cc1cc(N)c(CC(=O)O)cc1OC(F)F. The Morgan fingerprint density at radius 1 is 1.59 bits per heavy atom. The van der Waals surface area contributed by atoms with E-state index in [0.29, 0.717) is 0 Å². The van der Waals surface area contributed by atoms with Gasteiger partial charge in [0, 0.05) is 5.69 Å². The number of nitrogen functional groups attached to an aromatic ring is 1. The van der Waals surface area contributed by atoms with Gasteiger partial charge >= 0.3 is 12.6 Å². The molecule has 0 aliphatic heterocycles. The number of aliphatic carboxylic acids is 1. The highest BCUT2D eigenvalue weighted by atomic mass is 19.3. The number of anilines is 1. The van der Waals surface area contributed by atoms with Gasteiger partial charge in [0.2, 0.25) is 0 Å². The number of hydrogen-bond donors (Lipinski definition) is 2. The van der Waals surface area contributed by atoms with E-state index >= 15 is 0 Å². The fourth-order valence-electron chi connectivity index (χ4n) is 1.24. The van der Waals surface area contributed by atoms with Crippen molar-refractivity contribution in [1.82, 2.24) is 0 Å². The lowest BCUT2D eigenvalue weighted by Crippen LogP contribution is -2.08. The zero-order valence-electron chi connectivity index (χ0n) is 8.48. The average Bonchev–Trinajstić information content (AvgIpc) is 2.21. The van der Waals surface area contributed by atoms with Gasteiger partial charge in [-0.3, -0.25) is 4.79 Å². The van der Waals surface area contributed by atoms with Gasteiger partial charge in [-0.05, 0) is 17.7 Å². The van der Waals surface area contributed by atoms with Crippen LogP contribution in [0.4, 0.5) is 14.5 Å². The number of halogens is 2. The van der Waals surface area contributed by atoms with Crippen LogP contribution >= 0.6 is 0 Å². The van der Waals surface area contributed by atoms with Crippen LogP contribution in [0.3, 0.4) is 0 Å². The number of nitriles is 1. The highest BCUT2D eigenvalue weighted by Gasteiger charge is 2.14. The fraction of sp³-hybridized carbons (Fsp3) is 0.200. The third kappa shape index (κ3) is 3.31. The predicted molar refractivity (Wildman–Crippen MR) is 53.5 cm³/mol. The summed E-state index contributed by atoms with van der Waals surface area (Å²) >= 11 is 0. The van der Waals surface area contributed by atoms with E-state index in [-0.39, 0.29) is 22.6 Å². The lowest BCUT2D eigenvalue weighted by atomic mass is 10.1. The van der Waals surface area contributed by atoms with Crippen LogP contribution < -0.4 is 10.5 Å². The van der Waals surface area contributed by atoms with Crippen LogP contribution in [0.15, 0.2) is 12.1 Å². The number of benzene rings is 1. The molecule has 0 aromatic heterocycles. The van der Waals surface area contributed by atoms with Gasteiger partial charge in [0.25, 0.3) is 0 Å². The van der Waals surface area contributed by atoms with E-state index < -0.39 is 19.0 Å². The summed E-state index contributed by atoms with van der Waals surface area (Å²) in [5.41, 5.74) is 5.48. The smallest absolute Gasteiger partial charge is 0.387 e. The number of carboxylic acids is 1. The topological polar surface area (TPSA) is 96.3 Å². The van der Waals surface area contributed by atoms with E-state index in [9.17, 15) is 13.6 Å². The summed E-state index contributed by atoms with van der Waals surface area (Å²) < 4.78 is 28.2. The molecule has 0 saturated carbocycles. The van der Waals surface area contributed by atoms with E-state index in [1.165, 1.54) is 0 Å². The van der Waals surface area contributed by atoms with Crippen molar-refractivity contribution in [2.75, 3.05) is 5.73 Å². The van der Waals surface area contributed by atoms with Crippen molar-refractivity contribution >= 4 is 11.7 Å². The second kappa shape index (κ2) is 5.12. The summed E-state index contributed by atoms with van der Waals surface area (Å²) in [4.78, 5) is 10.5. The Kier molecular flexibility index (Phi) is 3.82. The van der Waals surface area contributed by atoms with Crippen LogP contribution in [-0.4, -0.2) is 17.7 Å². The molecule has 5 nitrogen and oxygen atoms in total. The van der Waals surface area contributed by atoms with Crippen LogP contribution in [0.1, 0.15) is 11.1 Å². The number of nitrogens with zero attached hydrogens (tertiary/aromatic N) is 1. The van der Waals surface area contributed by atoms with Crippen LogP contribution in [0.2, 0.25) is 0 Å². The summed E-state index contributed by atoms with van der Waals surface area (Å²) in [6.07, 6.45) is -0.433. The molecule has 90 valence electrons. The van der Waals surface area contributed by atoms with Crippen molar-refractivity contribution in [3.05, 3.63) is 23.3 Å². The van der Waals surface area contributed by atoms with Crippen molar-refractivity contribution in [3.8, 4) is 11.8 Å². The highest BCUT2D eigenvalue weighted by molar-refractivity contribution is 5.74. The number of hydrogen-bond acceptors (Lipinski definition) is 4. The molecule has 1 aromatic rings. The largest absolute Gasteiger partial charge is 0.481 e. The van der Waals surface area contributed by atoms with Crippen molar-refractivity contribution in [3.63, 3.8) is 0 Å². The van der Waals surface area contributed by atoms with E-state index in [2.05, 4.69) is 4.74 Å². The molecule has 0 radical (unpaired) electrons. The summed E-state index contributed by atoms with van der Waals surface area (Å²) in [5.74, 6) is -1.54.